The van der Waals surface area contributed by atoms with Crippen LogP contribution >= 0.6 is 0 Å². The average Bonchev–Trinajstić information content (AvgIpc) is 3.17. The Hall–Kier alpha value is -2.06. The van der Waals surface area contributed by atoms with Crippen LogP contribution in [0.1, 0.15) is 30.9 Å². The molecule has 1 aromatic heterocycles. The van der Waals surface area contributed by atoms with Crippen molar-refractivity contribution in [3.05, 3.63) is 18.0 Å². The van der Waals surface area contributed by atoms with E-state index in [-0.39, 0.29) is 24.9 Å². The summed E-state index contributed by atoms with van der Waals surface area (Å²) in [4.78, 5) is 26.9. The summed E-state index contributed by atoms with van der Waals surface area (Å²) in [6.07, 6.45) is 0.575. The normalized spacial score (nSPS) is 24.9. The maximum absolute atomic E-state index is 12.7. The minimum absolute atomic E-state index is 0.113. The second-order valence-corrected chi connectivity index (χ2v) is 6.43. The maximum Gasteiger partial charge on any atom is 0.406 e. The van der Waals surface area contributed by atoms with Crippen LogP contribution in [0.15, 0.2) is 12.4 Å². The summed E-state index contributed by atoms with van der Waals surface area (Å²) in [5.41, 5.74) is 0.917. The van der Waals surface area contributed by atoms with E-state index in [0.717, 1.165) is 23.3 Å². The molecule has 0 N–H and O–H groups in total. The molecule has 1 aromatic rings. The molecule has 24 heavy (non-hydrogen) atoms. The Balaban J connectivity index is 1.69. The van der Waals surface area contributed by atoms with Crippen LogP contribution in [0.25, 0.3) is 0 Å². The number of aryl methyl sites for hydroxylation is 1. The highest BCUT2D eigenvalue weighted by Crippen LogP contribution is 2.34. The lowest BCUT2D eigenvalue weighted by atomic mass is 10.0. The Kier molecular flexibility index (Phi) is 4.27. The largest absolute Gasteiger partial charge is 0.406 e. The standard InChI is InChI=1S/C15H19F3N4O2/c1-20-7-11(6-19-20)12-3-2-4-22(12)14(24)10-5-13(23)21(8-10)9-15(16,17)18/h6-7,10,12H,2-5,8-9H2,1H3/t10-,12-/m0/s1. The molecule has 0 saturated carbocycles. The highest BCUT2D eigenvalue weighted by molar-refractivity contribution is 5.89. The van der Waals surface area contributed by atoms with Gasteiger partial charge in [-0.25, -0.2) is 0 Å². The molecule has 0 bridgehead atoms. The molecule has 3 rings (SSSR count). The quantitative estimate of drug-likeness (QED) is 0.835. The molecule has 2 atom stereocenters. The molecule has 2 saturated heterocycles. The third-order valence-corrected chi connectivity index (χ3v) is 4.58. The third kappa shape index (κ3) is 3.39. The lowest BCUT2D eigenvalue weighted by Gasteiger charge is -2.26. The lowest BCUT2D eigenvalue weighted by molar-refractivity contribution is -0.157. The fraction of sp³-hybridized carbons (Fsp3) is 0.667. The van der Waals surface area contributed by atoms with Gasteiger partial charge in [-0.1, -0.05) is 0 Å². The predicted molar refractivity (Wildman–Crippen MR) is 77.6 cm³/mol. The number of hydrogen-bond acceptors (Lipinski definition) is 3. The number of aromatic nitrogens is 2. The SMILES string of the molecule is Cn1cc([C@@H]2CCCN2C(=O)[C@H]2CC(=O)N(CC(F)(F)F)C2)cn1. The molecule has 0 aromatic carbocycles. The molecule has 0 aliphatic carbocycles. The van der Waals surface area contributed by atoms with E-state index in [0.29, 0.717) is 6.54 Å². The maximum atomic E-state index is 12.7. The highest BCUT2D eigenvalue weighted by atomic mass is 19.4. The molecule has 3 heterocycles. The first-order valence-electron chi connectivity index (χ1n) is 7.88. The number of halogens is 3. The summed E-state index contributed by atoms with van der Waals surface area (Å²) in [6.45, 7) is -0.891. The fourth-order valence-corrected chi connectivity index (χ4v) is 3.53. The first-order chi connectivity index (χ1) is 11.2. The van der Waals surface area contributed by atoms with Crippen LogP contribution in [0.3, 0.4) is 0 Å². The van der Waals surface area contributed by atoms with Gasteiger partial charge in [0.25, 0.3) is 0 Å². The van der Waals surface area contributed by atoms with Crippen molar-refractivity contribution in [3.8, 4) is 0 Å². The highest BCUT2D eigenvalue weighted by Gasteiger charge is 2.43. The molecule has 132 valence electrons. The number of nitrogens with zero attached hydrogens (tertiary/aromatic N) is 4. The van der Waals surface area contributed by atoms with E-state index >= 15 is 0 Å². The smallest absolute Gasteiger partial charge is 0.335 e. The minimum atomic E-state index is -4.44. The van der Waals surface area contributed by atoms with E-state index in [1.54, 1.807) is 22.8 Å². The molecule has 6 nitrogen and oxygen atoms in total. The van der Waals surface area contributed by atoms with Crippen molar-refractivity contribution in [2.75, 3.05) is 19.6 Å². The Bertz CT molecular complexity index is 643. The summed E-state index contributed by atoms with van der Waals surface area (Å²) in [6, 6.07) is -0.113. The number of likely N-dealkylation sites (tertiary alicyclic amines) is 2. The van der Waals surface area contributed by atoms with E-state index in [1.165, 1.54) is 0 Å². The van der Waals surface area contributed by atoms with Crippen LogP contribution in [0.5, 0.6) is 0 Å². The van der Waals surface area contributed by atoms with Crippen molar-refractivity contribution in [2.24, 2.45) is 13.0 Å². The monoisotopic (exact) mass is 344 g/mol. The van der Waals surface area contributed by atoms with Gasteiger partial charge in [-0.3, -0.25) is 14.3 Å². The number of rotatable bonds is 3. The number of hydrogen-bond donors (Lipinski definition) is 0. The lowest BCUT2D eigenvalue weighted by Crippen LogP contribution is -2.39. The van der Waals surface area contributed by atoms with Gasteiger partial charge in [0.15, 0.2) is 0 Å². The summed E-state index contributed by atoms with van der Waals surface area (Å²) >= 11 is 0. The third-order valence-electron chi connectivity index (χ3n) is 4.58. The average molecular weight is 344 g/mol. The molecule has 2 amide bonds. The minimum Gasteiger partial charge on any atom is -0.335 e. The van der Waals surface area contributed by atoms with Gasteiger partial charge < -0.3 is 9.80 Å². The molecule has 2 fully saturated rings. The van der Waals surface area contributed by atoms with Crippen LogP contribution < -0.4 is 0 Å². The van der Waals surface area contributed by atoms with Crippen molar-refractivity contribution in [1.29, 1.82) is 0 Å². The van der Waals surface area contributed by atoms with Gasteiger partial charge in [0, 0.05) is 38.3 Å². The first-order valence-corrected chi connectivity index (χ1v) is 7.88. The zero-order valence-corrected chi connectivity index (χ0v) is 13.3. The Labute approximate surface area is 137 Å². The zero-order valence-electron chi connectivity index (χ0n) is 13.3. The molecular weight excluding hydrogens is 325 g/mol. The van der Waals surface area contributed by atoms with Gasteiger partial charge in [-0.2, -0.15) is 18.3 Å². The van der Waals surface area contributed by atoms with Crippen molar-refractivity contribution in [1.82, 2.24) is 19.6 Å². The molecule has 9 heteroatoms. The first kappa shape index (κ1) is 16.8. The second kappa shape index (κ2) is 6.10. The van der Waals surface area contributed by atoms with Gasteiger partial charge in [-0.05, 0) is 12.8 Å². The predicted octanol–water partition coefficient (Wildman–Crippen LogP) is 1.49. The number of amides is 2. The van der Waals surface area contributed by atoms with E-state index in [9.17, 15) is 22.8 Å². The summed E-state index contributed by atoms with van der Waals surface area (Å²) in [5, 5.41) is 4.11. The van der Waals surface area contributed by atoms with Gasteiger partial charge in [0.1, 0.15) is 6.54 Å². The fourth-order valence-electron chi connectivity index (χ4n) is 3.53. The van der Waals surface area contributed by atoms with Crippen molar-refractivity contribution in [3.63, 3.8) is 0 Å². The van der Waals surface area contributed by atoms with Crippen molar-refractivity contribution < 1.29 is 22.8 Å². The summed E-state index contributed by atoms with van der Waals surface area (Å²) in [7, 11) is 1.79. The Morgan fingerprint density at radius 3 is 2.79 bits per heavy atom. The summed E-state index contributed by atoms with van der Waals surface area (Å²) in [5.74, 6) is -1.54. The van der Waals surface area contributed by atoms with Crippen molar-refractivity contribution >= 4 is 11.8 Å². The van der Waals surface area contributed by atoms with E-state index in [2.05, 4.69) is 5.10 Å². The molecule has 2 aliphatic rings. The summed E-state index contributed by atoms with van der Waals surface area (Å²) < 4.78 is 39.1. The number of carbonyl (C=O) groups excluding carboxylic acids is 2. The van der Waals surface area contributed by atoms with E-state index < -0.39 is 24.5 Å². The van der Waals surface area contributed by atoms with Crippen LogP contribution in [0.2, 0.25) is 0 Å². The number of carbonyl (C=O) groups is 2. The zero-order chi connectivity index (χ0) is 17.5. The van der Waals surface area contributed by atoms with E-state index in [1.807, 2.05) is 6.20 Å². The Morgan fingerprint density at radius 2 is 2.17 bits per heavy atom. The van der Waals surface area contributed by atoms with Gasteiger partial charge in [0.05, 0.1) is 18.2 Å². The number of alkyl halides is 3. The topological polar surface area (TPSA) is 58.4 Å². The molecular formula is C15H19F3N4O2. The second-order valence-electron chi connectivity index (χ2n) is 6.43. The van der Waals surface area contributed by atoms with Crippen LogP contribution in [-0.4, -0.2) is 57.2 Å². The Morgan fingerprint density at radius 1 is 1.42 bits per heavy atom. The van der Waals surface area contributed by atoms with Gasteiger partial charge >= 0.3 is 6.18 Å². The van der Waals surface area contributed by atoms with Crippen molar-refractivity contribution in [2.45, 2.75) is 31.5 Å². The molecule has 2 aliphatic heterocycles. The molecule has 0 radical (unpaired) electrons. The van der Waals surface area contributed by atoms with Crippen LogP contribution in [0.4, 0.5) is 13.2 Å². The van der Waals surface area contributed by atoms with Gasteiger partial charge in [0.2, 0.25) is 11.8 Å². The molecule has 0 unspecified atom stereocenters. The molecule has 0 spiro atoms. The van der Waals surface area contributed by atoms with Gasteiger partial charge in [-0.15, -0.1) is 0 Å². The van der Waals surface area contributed by atoms with E-state index in [4.69, 9.17) is 0 Å². The van der Waals surface area contributed by atoms with Crippen LogP contribution in [0, 0.1) is 5.92 Å². The van der Waals surface area contributed by atoms with Crippen LogP contribution in [-0.2, 0) is 16.6 Å².